The van der Waals surface area contributed by atoms with Gasteiger partial charge in [-0.05, 0) is 29.7 Å². The van der Waals surface area contributed by atoms with Crippen molar-refractivity contribution in [3.05, 3.63) is 70.2 Å². The number of nitrogens with one attached hydrogen (secondary N) is 1. The van der Waals surface area contributed by atoms with Crippen LogP contribution >= 0.6 is 15.9 Å². The summed E-state index contributed by atoms with van der Waals surface area (Å²) in [5, 5.41) is 2.77. The molecule has 1 atom stereocenters. The molecule has 0 fully saturated rings. The molecule has 0 radical (unpaired) electrons. The van der Waals surface area contributed by atoms with Crippen LogP contribution in [0.25, 0.3) is 0 Å². The van der Waals surface area contributed by atoms with Crippen LogP contribution in [0.3, 0.4) is 0 Å². The molecule has 23 heavy (non-hydrogen) atoms. The molecule has 0 aliphatic heterocycles. The lowest BCUT2D eigenvalue weighted by atomic mass is 10.0. The molecule has 5 heteroatoms. The summed E-state index contributed by atoms with van der Waals surface area (Å²) in [6, 6.07) is 16.8. The monoisotopic (exact) mass is 375 g/mol. The van der Waals surface area contributed by atoms with Gasteiger partial charge in [-0.3, -0.25) is 4.79 Å². The molecule has 0 bridgehead atoms. The number of carbonyl (C=O) groups excluding carboxylic acids is 2. The van der Waals surface area contributed by atoms with Gasteiger partial charge in [-0.2, -0.15) is 0 Å². The number of carbonyl (C=O) groups is 2. The van der Waals surface area contributed by atoms with Crippen molar-refractivity contribution >= 4 is 27.8 Å². The maximum atomic E-state index is 11.8. The Labute approximate surface area is 144 Å². The average molecular weight is 376 g/mol. The van der Waals surface area contributed by atoms with Gasteiger partial charge in [-0.25, -0.2) is 4.79 Å². The number of halogens is 1. The Kier molecular flexibility index (Phi) is 6.35. The summed E-state index contributed by atoms with van der Waals surface area (Å²) in [7, 11) is 0. The highest BCUT2D eigenvalue weighted by Gasteiger charge is 2.11. The van der Waals surface area contributed by atoms with Gasteiger partial charge in [0.05, 0.1) is 5.56 Å². The number of rotatable bonds is 6. The van der Waals surface area contributed by atoms with E-state index >= 15 is 0 Å². The van der Waals surface area contributed by atoms with E-state index in [0.717, 1.165) is 10.0 Å². The van der Waals surface area contributed by atoms with E-state index in [0.29, 0.717) is 12.1 Å². The molecule has 0 aliphatic rings. The summed E-state index contributed by atoms with van der Waals surface area (Å²) < 4.78 is 5.80. The quantitative estimate of drug-likeness (QED) is 0.785. The third-order valence-electron chi connectivity index (χ3n) is 3.37. The van der Waals surface area contributed by atoms with E-state index in [4.69, 9.17) is 4.74 Å². The molecule has 0 saturated heterocycles. The van der Waals surface area contributed by atoms with Crippen molar-refractivity contribution in [2.45, 2.75) is 12.8 Å². The van der Waals surface area contributed by atoms with Gasteiger partial charge >= 0.3 is 5.97 Å². The van der Waals surface area contributed by atoms with E-state index in [-0.39, 0.29) is 18.4 Å². The third-order valence-corrected chi connectivity index (χ3v) is 3.86. The predicted molar refractivity (Wildman–Crippen MR) is 92.3 cm³/mol. The number of hydrogen-bond acceptors (Lipinski definition) is 3. The average Bonchev–Trinajstić information content (AvgIpc) is 2.58. The predicted octanol–water partition coefficient (Wildman–Crippen LogP) is 3.53. The molecule has 1 amide bonds. The van der Waals surface area contributed by atoms with Crippen molar-refractivity contribution in [1.29, 1.82) is 0 Å². The maximum absolute atomic E-state index is 11.8. The van der Waals surface area contributed by atoms with Gasteiger partial charge in [-0.15, -0.1) is 0 Å². The normalized spacial score (nSPS) is 11.6. The topological polar surface area (TPSA) is 55.4 Å². The molecular weight excluding hydrogens is 358 g/mol. The van der Waals surface area contributed by atoms with E-state index < -0.39 is 5.97 Å². The fourth-order valence-electron chi connectivity index (χ4n) is 2.05. The van der Waals surface area contributed by atoms with Gasteiger partial charge in [0.2, 0.25) is 0 Å². The van der Waals surface area contributed by atoms with E-state index in [1.165, 1.54) is 0 Å². The first kappa shape index (κ1) is 17.2. The molecular formula is C18H18BrNO3. The molecule has 0 aliphatic carbocycles. The van der Waals surface area contributed by atoms with Gasteiger partial charge in [0.15, 0.2) is 6.61 Å². The second-order valence-corrected chi connectivity index (χ2v) is 6.12. The minimum Gasteiger partial charge on any atom is -0.452 e. The largest absolute Gasteiger partial charge is 0.452 e. The minimum absolute atomic E-state index is 0.195. The molecule has 2 aromatic carbocycles. The Hall–Kier alpha value is -2.14. The number of esters is 1. The fourth-order valence-corrected chi connectivity index (χ4v) is 2.45. The van der Waals surface area contributed by atoms with Crippen molar-refractivity contribution in [2.24, 2.45) is 0 Å². The zero-order valence-electron chi connectivity index (χ0n) is 12.8. The van der Waals surface area contributed by atoms with Crippen LogP contribution in [0, 0.1) is 0 Å². The SMILES string of the molecule is C[C@@H](CNC(=O)COC(=O)c1cccc(Br)c1)c1ccccc1. The third kappa shape index (κ3) is 5.53. The van der Waals surface area contributed by atoms with Crippen molar-refractivity contribution < 1.29 is 14.3 Å². The van der Waals surface area contributed by atoms with Crippen LogP contribution in [0.4, 0.5) is 0 Å². The van der Waals surface area contributed by atoms with Gasteiger partial charge in [0.25, 0.3) is 5.91 Å². The number of amides is 1. The summed E-state index contributed by atoms with van der Waals surface area (Å²) in [5.41, 5.74) is 1.56. The molecule has 2 aromatic rings. The molecule has 2 rings (SSSR count). The first-order chi connectivity index (χ1) is 11.1. The molecule has 0 spiro atoms. The zero-order valence-corrected chi connectivity index (χ0v) is 14.4. The highest BCUT2D eigenvalue weighted by Crippen LogP contribution is 2.13. The molecule has 4 nitrogen and oxygen atoms in total. The van der Waals surface area contributed by atoms with Gasteiger partial charge in [-0.1, -0.05) is 59.3 Å². The van der Waals surface area contributed by atoms with E-state index in [1.54, 1.807) is 18.2 Å². The van der Waals surface area contributed by atoms with Crippen molar-refractivity contribution in [3.63, 3.8) is 0 Å². The Morgan fingerprint density at radius 2 is 1.87 bits per heavy atom. The van der Waals surface area contributed by atoms with Crippen molar-refractivity contribution in [1.82, 2.24) is 5.32 Å². The molecule has 0 saturated carbocycles. The zero-order chi connectivity index (χ0) is 16.7. The lowest BCUT2D eigenvalue weighted by Gasteiger charge is -2.13. The van der Waals surface area contributed by atoms with Gasteiger partial charge in [0.1, 0.15) is 0 Å². The first-order valence-electron chi connectivity index (χ1n) is 7.30. The summed E-state index contributed by atoms with van der Waals surface area (Å²) in [4.78, 5) is 23.6. The van der Waals surface area contributed by atoms with Gasteiger partial charge in [0, 0.05) is 11.0 Å². The number of benzene rings is 2. The summed E-state index contributed by atoms with van der Waals surface area (Å²) in [6.07, 6.45) is 0. The molecule has 1 N–H and O–H groups in total. The fraction of sp³-hybridized carbons (Fsp3) is 0.222. The Balaban J connectivity index is 1.76. The Morgan fingerprint density at radius 1 is 1.13 bits per heavy atom. The van der Waals surface area contributed by atoms with Gasteiger partial charge < -0.3 is 10.1 Å². The van der Waals surface area contributed by atoms with Crippen LogP contribution < -0.4 is 5.32 Å². The summed E-state index contributed by atoms with van der Waals surface area (Å²) in [6.45, 7) is 2.24. The Bertz CT molecular complexity index is 673. The van der Waals surface area contributed by atoms with E-state index in [1.807, 2.05) is 43.3 Å². The van der Waals surface area contributed by atoms with E-state index in [9.17, 15) is 9.59 Å². The Morgan fingerprint density at radius 3 is 2.57 bits per heavy atom. The number of hydrogen-bond donors (Lipinski definition) is 1. The molecule has 0 aromatic heterocycles. The summed E-state index contributed by atoms with van der Waals surface area (Å²) >= 11 is 3.29. The summed E-state index contributed by atoms with van der Waals surface area (Å²) in [5.74, 6) is -0.630. The lowest BCUT2D eigenvalue weighted by Crippen LogP contribution is -2.31. The maximum Gasteiger partial charge on any atom is 0.338 e. The van der Waals surface area contributed by atoms with Crippen LogP contribution in [-0.4, -0.2) is 25.0 Å². The second kappa shape index (κ2) is 8.48. The molecule has 120 valence electrons. The van der Waals surface area contributed by atoms with Crippen molar-refractivity contribution in [2.75, 3.05) is 13.2 Å². The highest BCUT2D eigenvalue weighted by atomic mass is 79.9. The van der Waals surface area contributed by atoms with Crippen LogP contribution in [0.2, 0.25) is 0 Å². The first-order valence-corrected chi connectivity index (χ1v) is 8.10. The molecule has 0 unspecified atom stereocenters. The van der Waals surface area contributed by atoms with E-state index in [2.05, 4.69) is 21.2 Å². The van der Waals surface area contributed by atoms with Crippen LogP contribution in [0.15, 0.2) is 59.1 Å². The smallest absolute Gasteiger partial charge is 0.338 e. The standard InChI is InChI=1S/C18H18BrNO3/c1-13(14-6-3-2-4-7-14)11-20-17(21)12-23-18(22)15-8-5-9-16(19)10-15/h2-10,13H,11-12H2,1H3,(H,20,21)/t13-/m0/s1. The van der Waals surface area contributed by atoms with Crippen LogP contribution in [0.1, 0.15) is 28.8 Å². The van der Waals surface area contributed by atoms with Crippen LogP contribution in [-0.2, 0) is 9.53 Å². The van der Waals surface area contributed by atoms with Crippen molar-refractivity contribution in [3.8, 4) is 0 Å². The lowest BCUT2D eigenvalue weighted by molar-refractivity contribution is -0.124. The number of ether oxygens (including phenoxy) is 1. The second-order valence-electron chi connectivity index (χ2n) is 5.20. The highest BCUT2D eigenvalue weighted by molar-refractivity contribution is 9.10. The van der Waals surface area contributed by atoms with Crippen LogP contribution in [0.5, 0.6) is 0 Å². The molecule has 0 heterocycles. The minimum atomic E-state index is -0.516.